The summed E-state index contributed by atoms with van der Waals surface area (Å²) in [4.78, 5) is 10.5. The number of aryl methyl sites for hydroxylation is 1. The molecular weight excluding hydrogens is 356 g/mol. The van der Waals surface area contributed by atoms with Crippen LogP contribution < -0.4 is 15.2 Å². The lowest BCUT2D eigenvalue weighted by Gasteiger charge is -2.09. The van der Waals surface area contributed by atoms with Crippen LogP contribution in [0, 0.1) is 5.41 Å². The summed E-state index contributed by atoms with van der Waals surface area (Å²) in [6.45, 7) is 1.05. The molecule has 0 spiro atoms. The lowest BCUT2D eigenvalue weighted by atomic mass is 10.1. The van der Waals surface area contributed by atoms with Crippen LogP contribution in [0.15, 0.2) is 48.5 Å². The number of nitrogens with one attached hydrogen (secondary N) is 1. The minimum atomic E-state index is -0.795. The van der Waals surface area contributed by atoms with Gasteiger partial charge >= 0.3 is 5.97 Å². The maximum absolute atomic E-state index is 10.5. The number of aliphatic carboxylic acids is 1. The smallest absolute Gasteiger partial charge is 0.303 e. The van der Waals surface area contributed by atoms with Gasteiger partial charge in [0.05, 0.1) is 13.2 Å². The Morgan fingerprint density at radius 1 is 0.962 bits per heavy atom. The number of rotatable bonds is 10. The van der Waals surface area contributed by atoms with E-state index in [-0.39, 0.29) is 24.7 Å². The number of ether oxygens (including phenoxy) is 2. The molecule has 7 heteroatoms. The van der Waals surface area contributed by atoms with Crippen molar-refractivity contribution in [1.82, 2.24) is 0 Å². The highest BCUT2D eigenvalue weighted by molar-refractivity contribution is 5.94. The van der Waals surface area contributed by atoms with Gasteiger partial charge in [0.1, 0.15) is 17.3 Å². The predicted molar refractivity (Wildman–Crippen MR) is 103 cm³/mol. The number of halogens is 1. The highest BCUT2D eigenvalue weighted by Crippen LogP contribution is 2.14. The van der Waals surface area contributed by atoms with Crippen LogP contribution in [0.4, 0.5) is 0 Å². The second-order valence-corrected chi connectivity index (χ2v) is 5.53. The largest absolute Gasteiger partial charge is 0.493 e. The van der Waals surface area contributed by atoms with Crippen molar-refractivity contribution in [2.45, 2.75) is 19.3 Å². The molecule has 0 amide bonds. The molecule has 0 saturated carbocycles. The van der Waals surface area contributed by atoms with Crippen molar-refractivity contribution in [3.63, 3.8) is 0 Å². The van der Waals surface area contributed by atoms with Crippen molar-refractivity contribution in [3.05, 3.63) is 59.7 Å². The molecule has 0 aliphatic carbocycles. The molecule has 2 aromatic rings. The molecule has 2 rings (SSSR count). The molecular formula is C19H23ClN2O4. The second kappa shape index (κ2) is 11.0. The minimum absolute atomic E-state index is 0. The van der Waals surface area contributed by atoms with Gasteiger partial charge in [-0.25, -0.2) is 0 Å². The number of benzene rings is 2. The van der Waals surface area contributed by atoms with Crippen molar-refractivity contribution in [1.29, 1.82) is 5.41 Å². The van der Waals surface area contributed by atoms with Gasteiger partial charge in [-0.1, -0.05) is 12.1 Å². The molecule has 2 aromatic carbocycles. The van der Waals surface area contributed by atoms with Gasteiger partial charge in [0.25, 0.3) is 0 Å². The van der Waals surface area contributed by atoms with Gasteiger partial charge in [-0.15, -0.1) is 12.4 Å². The van der Waals surface area contributed by atoms with Crippen LogP contribution in [0.5, 0.6) is 11.5 Å². The molecule has 6 nitrogen and oxygen atoms in total. The summed E-state index contributed by atoms with van der Waals surface area (Å²) < 4.78 is 11.2. The van der Waals surface area contributed by atoms with Gasteiger partial charge in [-0.3, -0.25) is 10.2 Å². The number of nitrogen functional groups attached to an aromatic ring is 1. The van der Waals surface area contributed by atoms with Gasteiger partial charge in [-0.2, -0.15) is 0 Å². The van der Waals surface area contributed by atoms with Crippen molar-refractivity contribution in [2.75, 3.05) is 13.2 Å². The third-order valence-corrected chi connectivity index (χ3v) is 3.54. The van der Waals surface area contributed by atoms with Crippen molar-refractivity contribution in [2.24, 2.45) is 5.73 Å². The van der Waals surface area contributed by atoms with Crippen LogP contribution in [0.1, 0.15) is 24.0 Å². The molecule has 0 fully saturated rings. The second-order valence-electron chi connectivity index (χ2n) is 5.53. The Kier molecular flexibility index (Phi) is 9.01. The van der Waals surface area contributed by atoms with E-state index in [2.05, 4.69) is 0 Å². The average molecular weight is 379 g/mol. The number of carboxylic acid groups (broad SMARTS) is 1. The van der Waals surface area contributed by atoms with E-state index in [0.29, 0.717) is 25.2 Å². The van der Waals surface area contributed by atoms with E-state index >= 15 is 0 Å². The van der Waals surface area contributed by atoms with E-state index < -0.39 is 5.97 Å². The third kappa shape index (κ3) is 7.44. The molecule has 0 bridgehead atoms. The van der Waals surface area contributed by atoms with Crippen LogP contribution >= 0.6 is 12.4 Å². The Bertz CT molecular complexity index is 702. The summed E-state index contributed by atoms with van der Waals surface area (Å²) in [6, 6.07) is 14.5. The monoisotopic (exact) mass is 378 g/mol. The number of hydrogen-bond acceptors (Lipinski definition) is 4. The topological polar surface area (TPSA) is 106 Å². The first-order chi connectivity index (χ1) is 12.0. The summed E-state index contributed by atoms with van der Waals surface area (Å²) in [5.41, 5.74) is 7.05. The Labute approximate surface area is 158 Å². The first-order valence-corrected chi connectivity index (χ1v) is 8.05. The molecule has 4 N–H and O–H groups in total. The van der Waals surface area contributed by atoms with E-state index in [0.717, 1.165) is 23.5 Å². The summed E-state index contributed by atoms with van der Waals surface area (Å²) in [5, 5.41) is 16.0. The molecule has 0 aromatic heterocycles. The fourth-order valence-corrected chi connectivity index (χ4v) is 2.17. The first kappa shape index (κ1) is 21.3. The zero-order valence-electron chi connectivity index (χ0n) is 14.3. The van der Waals surface area contributed by atoms with E-state index in [1.54, 1.807) is 24.3 Å². The van der Waals surface area contributed by atoms with Crippen LogP contribution in [-0.4, -0.2) is 30.1 Å². The Hall–Kier alpha value is -2.73. The van der Waals surface area contributed by atoms with Crippen LogP contribution in [0.25, 0.3) is 0 Å². The zero-order valence-corrected chi connectivity index (χ0v) is 15.1. The van der Waals surface area contributed by atoms with Gasteiger partial charge in [0, 0.05) is 18.4 Å². The fraction of sp³-hybridized carbons (Fsp3) is 0.263. The van der Waals surface area contributed by atoms with Crippen LogP contribution in [-0.2, 0) is 11.2 Å². The maximum Gasteiger partial charge on any atom is 0.303 e. The van der Waals surface area contributed by atoms with Crippen LogP contribution in [0.2, 0.25) is 0 Å². The number of carbonyl (C=O) groups is 1. The van der Waals surface area contributed by atoms with E-state index in [9.17, 15) is 4.79 Å². The standard InChI is InChI=1S/C19H22N2O4.ClH/c20-19(21)15-5-9-17(10-6-15)25-13-1-12-24-16-7-2-14(3-8-16)4-11-18(22)23;/h2-3,5-10H,1,4,11-13H2,(H3,20,21)(H,22,23);1H. The van der Waals surface area contributed by atoms with E-state index in [4.69, 9.17) is 25.7 Å². The minimum Gasteiger partial charge on any atom is -0.493 e. The lowest BCUT2D eigenvalue weighted by molar-refractivity contribution is -0.136. The zero-order chi connectivity index (χ0) is 18.1. The molecule has 140 valence electrons. The van der Waals surface area contributed by atoms with E-state index in [1.807, 2.05) is 24.3 Å². The average Bonchev–Trinajstić information content (AvgIpc) is 2.61. The highest BCUT2D eigenvalue weighted by atomic mass is 35.5. The number of hydrogen-bond donors (Lipinski definition) is 3. The third-order valence-electron chi connectivity index (χ3n) is 3.54. The molecule has 0 aliphatic rings. The molecule has 0 radical (unpaired) electrons. The van der Waals surface area contributed by atoms with Crippen molar-refractivity contribution >= 4 is 24.2 Å². The SMILES string of the molecule is Cl.N=C(N)c1ccc(OCCCOc2ccc(CCC(=O)O)cc2)cc1. The lowest BCUT2D eigenvalue weighted by Crippen LogP contribution is -2.10. The van der Waals surface area contributed by atoms with Gasteiger partial charge in [0.2, 0.25) is 0 Å². The molecule has 0 atom stereocenters. The Morgan fingerprint density at radius 3 is 1.92 bits per heavy atom. The summed E-state index contributed by atoms with van der Waals surface area (Å²) in [7, 11) is 0. The van der Waals surface area contributed by atoms with Crippen molar-refractivity contribution < 1.29 is 19.4 Å². The molecule has 26 heavy (non-hydrogen) atoms. The number of amidine groups is 1. The van der Waals surface area contributed by atoms with Gasteiger partial charge < -0.3 is 20.3 Å². The first-order valence-electron chi connectivity index (χ1n) is 8.05. The summed E-state index contributed by atoms with van der Waals surface area (Å²) in [6.07, 6.45) is 1.38. The molecule has 0 heterocycles. The molecule has 0 aliphatic heterocycles. The van der Waals surface area contributed by atoms with Crippen molar-refractivity contribution in [3.8, 4) is 11.5 Å². The maximum atomic E-state index is 10.5. The van der Waals surface area contributed by atoms with Gasteiger partial charge in [-0.05, 0) is 48.4 Å². The summed E-state index contributed by atoms with van der Waals surface area (Å²) >= 11 is 0. The van der Waals surface area contributed by atoms with Gasteiger partial charge in [0.15, 0.2) is 0 Å². The fourth-order valence-electron chi connectivity index (χ4n) is 2.17. The van der Waals surface area contributed by atoms with Crippen LogP contribution in [0.3, 0.4) is 0 Å². The number of carboxylic acids is 1. The highest BCUT2D eigenvalue weighted by Gasteiger charge is 2.01. The predicted octanol–water partition coefficient (Wildman–Crippen LogP) is 3.26. The Balaban J connectivity index is 0.00000338. The molecule has 0 saturated heterocycles. The number of nitrogens with two attached hydrogens (primary N) is 1. The Morgan fingerprint density at radius 2 is 1.46 bits per heavy atom. The normalized spacial score (nSPS) is 9.85. The van der Waals surface area contributed by atoms with E-state index in [1.165, 1.54) is 0 Å². The quantitative estimate of drug-likeness (QED) is 0.334. The molecule has 0 unspecified atom stereocenters. The summed E-state index contributed by atoms with van der Waals surface area (Å²) in [5.74, 6) is 0.725.